The Morgan fingerprint density at radius 1 is 0.265 bits per heavy atom. The van der Waals surface area contributed by atoms with Gasteiger partial charge in [0.05, 0.1) is 0 Å². The van der Waals surface area contributed by atoms with Crippen molar-refractivity contribution < 1.29 is 0 Å². The van der Waals surface area contributed by atoms with Gasteiger partial charge in [0.1, 0.15) is 0 Å². The molecule has 0 radical (unpaired) electrons. The third kappa shape index (κ3) is 5.32. The van der Waals surface area contributed by atoms with Crippen molar-refractivity contribution in [3.05, 3.63) is 200 Å². The molecule has 0 bridgehead atoms. The van der Waals surface area contributed by atoms with E-state index in [4.69, 9.17) is 0 Å². The normalized spacial score (nSPS) is 11.3. The molecule has 1 nitrogen and oxygen atoms in total. The van der Waals surface area contributed by atoms with Crippen LogP contribution in [0.1, 0.15) is 0 Å². The second-order valence-electron chi connectivity index (χ2n) is 12.6. The lowest BCUT2D eigenvalue weighted by molar-refractivity contribution is 1.28. The van der Waals surface area contributed by atoms with Crippen LogP contribution in [-0.2, 0) is 0 Å². The van der Waals surface area contributed by atoms with Crippen molar-refractivity contribution >= 4 is 49.4 Å². The highest BCUT2D eigenvalue weighted by Crippen LogP contribution is 2.41. The topological polar surface area (TPSA) is 3.24 Å². The molecule has 0 amide bonds. The Labute approximate surface area is 287 Å². The molecule has 0 saturated heterocycles. The third-order valence-electron chi connectivity index (χ3n) is 9.63. The number of hydrogen-bond acceptors (Lipinski definition) is 1. The van der Waals surface area contributed by atoms with Gasteiger partial charge < -0.3 is 4.90 Å². The van der Waals surface area contributed by atoms with Gasteiger partial charge in [-0.2, -0.15) is 0 Å². The van der Waals surface area contributed by atoms with Gasteiger partial charge in [0.25, 0.3) is 0 Å². The minimum atomic E-state index is 1.11. The van der Waals surface area contributed by atoms with E-state index in [-0.39, 0.29) is 0 Å². The van der Waals surface area contributed by atoms with Gasteiger partial charge in [-0.3, -0.25) is 0 Å². The minimum absolute atomic E-state index is 1.11. The van der Waals surface area contributed by atoms with E-state index in [0.717, 1.165) is 17.1 Å². The number of benzene rings is 9. The molecule has 49 heavy (non-hydrogen) atoms. The Balaban J connectivity index is 1.16. The van der Waals surface area contributed by atoms with Gasteiger partial charge in [0.15, 0.2) is 0 Å². The number of anilines is 3. The van der Waals surface area contributed by atoms with Crippen molar-refractivity contribution in [3.63, 3.8) is 0 Å². The molecule has 0 aliphatic carbocycles. The number of hydrogen-bond donors (Lipinski definition) is 0. The zero-order valence-electron chi connectivity index (χ0n) is 27.0. The lowest BCUT2D eigenvalue weighted by Crippen LogP contribution is -2.10. The Hall–Kier alpha value is -6.44. The van der Waals surface area contributed by atoms with E-state index in [2.05, 4.69) is 205 Å². The highest BCUT2D eigenvalue weighted by molar-refractivity contribution is 6.23. The Bertz CT molecular complexity index is 2570. The zero-order chi connectivity index (χ0) is 32.6. The summed E-state index contributed by atoms with van der Waals surface area (Å²) in [6, 6.07) is 72.4. The zero-order valence-corrected chi connectivity index (χ0v) is 27.0. The molecule has 9 aromatic carbocycles. The van der Waals surface area contributed by atoms with Crippen LogP contribution in [0.5, 0.6) is 0 Å². The molecule has 0 spiro atoms. The van der Waals surface area contributed by atoms with E-state index in [1.54, 1.807) is 0 Å². The SMILES string of the molecule is c1ccc(-c2ccc(N(c3ccc(-c4cc5ccc6ccccc6c5c5ccccc45)cc3)c3cccc(-c4ccccc4)c3)cc2)cc1. The molecule has 0 fully saturated rings. The van der Waals surface area contributed by atoms with E-state index in [0.29, 0.717) is 0 Å². The average Bonchev–Trinajstić information content (AvgIpc) is 3.19. The quantitative estimate of drug-likeness (QED) is 0.167. The molecule has 0 saturated carbocycles. The fourth-order valence-electron chi connectivity index (χ4n) is 7.24. The van der Waals surface area contributed by atoms with Gasteiger partial charge in [-0.05, 0) is 108 Å². The van der Waals surface area contributed by atoms with Gasteiger partial charge in [-0.25, -0.2) is 0 Å². The first-order chi connectivity index (χ1) is 24.3. The Kier molecular flexibility index (Phi) is 7.22. The molecule has 0 unspecified atom stereocenters. The van der Waals surface area contributed by atoms with Crippen molar-refractivity contribution in [2.75, 3.05) is 4.90 Å². The fraction of sp³-hybridized carbons (Fsp3) is 0. The highest BCUT2D eigenvalue weighted by atomic mass is 15.1. The van der Waals surface area contributed by atoms with Crippen molar-refractivity contribution in [1.82, 2.24) is 0 Å². The van der Waals surface area contributed by atoms with Crippen LogP contribution in [0.3, 0.4) is 0 Å². The van der Waals surface area contributed by atoms with Crippen molar-refractivity contribution in [3.8, 4) is 33.4 Å². The third-order valence-corrected chi connectivity index (χ3v) is 9.63. The van der Waals surface area contributed by atoms with Crippen LogP contribution in [0.25, 0.3) is 65.7 Å². The van der Waals surface area contributed by atoms with Crippen LogP contribution in [0.4, 0.5) is 17.1 Å². The van der Waals surface area contributed by atoms with Crippen LogP contribution < -0.4 is 4.90 Å². The molecule has 0 atom stereocenters. The van der Waals surface area contributed by atoms with E-state index >= 15 is 0 Å². The van der Waals surface area contributed by atoms with E-state index in [1.165, 1.54) is 65.7 Å². The van der Waals surface area contributed by atoms with E-state index in [1.807, 2.05) is 0 Å². The molecule has 1 heteroatoms. The van der Waals surface area contributed by atoms with Crippen LogP contribution in [-0.4, -0.2) is 0 Å². The minimum Gasteiger partial charge on any atom is -0.310 e. The lowest BCUT2D eigenvalue weighted by Gasteiger charge is -2.26. The molecular formula is C48H33N. The van der Waals surface area contributed by atoms with E-state index < -0.39 is 0 Å². The van der Waals surface area contributed by atoms with Gasteiger partial charge in [-0.15, -0.1) is 0 Å². The summed E-state index contributed by atoms with van der Waals surface area (Å²) >= 11 is 0. The van der Waals surface area contributed by atoms with Crippen LogP contribution in [0.15, 0.2) is 200 Å². The smallest absolute Gasteiger partial charge is 0.0467 e. The van der Waals surface area contributed by atoms with Gasteiger partial charge >= 0.3 is 0 Å². The van der Waals surface area contributed by atoms with Gasteiger partial charge in [0, 0.05) is 17.1 Å². The largest absolute Gasteiger partial charge is 0.310 e. The molecule has 230 valence electrons. The molecule has 9 aromatic rings. The standard InChI is InChI=1S/C48H33N/c1-3-12-34(13-4-1)36-24-28-41(29-25-36)49(43-18-11-17-39(32-43)35-14-5-2-6-15-35)42-30-26-38(27-31-42)47-33-40-23-22-37-16-7-8-19-44(37)48(40)46-21-10-9-20-45(46)47/h1-33H. The molecule has 0 aliphatic rings. The molecule has 0 aliphatic heterocycles. The second kappa shape index (κ2) is 12.3. The van der Waals surface area contributed by atoms with Crippen LogP contribution in [0.2, 0.25) is 0 Å². The first kappa shape index (κ1) is 28.8. The molecular weight excluding hydrogens is 591 g/mol. The summed E-state index contributed by atoms with van der Waals surface area (Å²) in [5.41, 5.74) is 10.6. The van der Waals surface area contributed by atoms with Gasteiger partial charge in [-0.1, -0.05) is 158 Å². The Morgan fingerprint density at radius 2 is 0.776 bits per heavy atom. The lowest BCUT2D eigenvalue weighted by atomic mass is 9.90. The summed E-state index contributed by atoms with van der Waals surface area (Å²) in [6.07, 6.45) is 0. The first-order valence-electron chi connectivity index (χ1n) is 16.8. The maximum Gasteiger partial charge on any atom is 0.0467 e. The summed E-state index contributed by atoms with van der Waals surface area (Å²) in [5.74, 6) is 0. The maximum atomic E-state index is 2.36. The van der Waals surface area contributed by atoms with Crippen molar-refractivity contribution in [1.29, 1.82) is 0 Å². The maximum absolute atomic E-state index is 2.36. The average molecular weight is 624 g/mol. The van der Waals surface area contributed by atoms with Crippen LogP contribution in [0, 0.1) is 0 Å². The first-order valence-corrected chi connectivity index (χ1v) is 16.8. The van der Waals surface area contributed by atoms with Gasteiger partial charge in [0.2, 0.25) is 0 Å². The molecule has 0 N–H and O–H groups in total. The molecule has 9 rings (SSSR count). The number of rotatable bonds is 6. The predicted octanol–water partition coefficient (Wildman–Crippen LogP) is 13.6. The van der Waals surface area contributed by atoms with Crippen molar-refractivity contribution in [2.24, 2.45) is 0 Å². The highest BCUT2D eigenvalue weighted by Gasteiger charge is 2.16. The summed E-state index contributed by atoms with van der Waals surface area (Å²) in [4.78, 5) is 2.36. The summed E-state index contributed by atoms with van der Waals surface area (Å²) in [7, 11) is 0. The van der Waals surface area contributed by atoms with Crippen molar-refractivity contribution in [2.45, 2.75) is 0 Å². The Morgan fingerprint density at radius 3 is 1.47 bits per heavy atom. The summed E-state index contributed by atoms with van der Waals surface area (Å²) in [5, 5.41) is 7.69. The monoisotopic (exact) mass is 623 g/mol. The fourth-order valence-corrected chi connectivity index (χ4v) is 7.24. The van der Waals surface area contributed by atoms with E-state index in [9.17, 15) is 0 Å². The summed E-state index contributed by atoms with van der Waals surface area (Å²) in [6.45, 7) is 0. The molecule has 0 heterocycles. The summed E-state index contributed by atoms with van der Waals surface area (Å²) < 4.78 is 0. The number of fused-ring (bicyclic) bond motifs is 5. The molecule has 0 aromatic heterocycles. The van der Waals surface area contributed by atoms with Crippen LogP contribution >= 0.6 is 0 Å². The number of nitrogens with zero attached hydrogens (tertiary/aromatic N) is 1. The second-order valence-corrected chi connectivity index (χ2v) is 12.6. The predicted molar refractivity (Wildman–Crippen MR) is 210 cm³/mol.